The molecule has 0 aliphatic carbocycles. The zero-order valence-corrected chi connectivity index (χ0v) is 16.4. The minimum atomic E-state index is -0.347. The fraction of sp³-hybridized carbons (Fsp3) is 0.273. The number of likely N-dealkylation sites (tertiary alicyclic amines) is 1. The molecule has 1 aliphatic rings. The molecule has 29 heavy (non-hydrogen) atoms. The SMILES string of the molecule is O=C(COc1ccc(F)cc1)N1CCCC1c1ncc(Cc2cccc(Cl)c2)o1. The second kappa shape index (κ2) is 8.66. The Morgan fingerprint density at radius 3 is 2.90 bits per heavy atom. The van der Waals surface area contributed by atoms with Gasteiger partial charge in [0.05, 0.1) is 6.20 Å². The number of oxazole rings is 1. The summed E-state index contributed by atoms with van der Waals surface area (Å²) in [6.45, 7) is 0.514. The quantitative estimate of drug-likeness (QED) is 0.581. The summed E-state index contributed by atoms with van der Waals surface area (Å²) in [4.78, 5) is 18.8. The van der Waals surface area contributed by atoms with Gasteiger partial charge >= 0.3 is 0 Å². The molecule has 0 spiro atoms. The van der Waals surface area contributed by atoms with E-state index in [9.17, 15) is 9.18 Å². The summed E-state index contributed by atoms with van der Waals surface area (Å²) in [5.74, 6) is 1.22. The zero-order chi connectivity index (χ0) is 20.2. The molecule has 3 aromatic rings. The largest absolute Gasteiger partial charge is 0.484 e. The molecule has 1 aliphatic heterocycles. The molecule has 1 atom stereocenters. The Kier molecular flexibility index (Phi) is 5.81. The summed E-state index contributed by atoms with van der Waals surface area (Å²) >= 11 is 6.03. The van der Waals surface area contributed by atoms with Gasteiger partial charge in [-0.25, -0.2) is 9.37 Å². The molecular weight excluding hydrogens is 395 g/mol. The number of rotatable bonds is 6. The predicted molar refractivity (Wildman–Crippen MR) is 106 cm³/mol. The van der Waals surface area contributed by atoms with Gasteiger partial charge in [-0.3, -0.25) is 4.79 Å². The van der Waals surface area contributed by atoms with E-state index in [1.807, 2.05) is 24.3 Å². The number of carbonyl (C=O) groups is 1. The maximum Gasteiger partial charge on any atom is 0.261 e. The van der Waals surface area contributed by atoms with Gasteiger partial charge in [-0.15, -0.1) is 0 Å². The minimum Gasteiger partial charge on any atom is -0.484 e. The highest BCUT2D eigenvalue weighted by Crippen LogP contribution is 2.32. The van der Waals surface area contributed by atoms with E-state index in [1.54, 1.807) is 11.1 Å². The maximum atomic E-state index is 13.0. The molecule has 0 bridgehead atoms. The van der Waals surface area contributed by atoms with Crippen molar-refractivity contribution in [3.8, 4) is 5.75 Å². The normalized spacial score (nSPS) is 16.2. The van der Waals surface area contributed by atoms with Gasteiger partial charge in [0.1, 0.15) is 23.4 Å². The molecule has 1 aromatic heterocycles. The van der Waals surface area contributed by atoms with Crippen molar-refractivity contribution < 1.29 is 18.3 Å². The van der Waals surface area contributed by atoms with Crippen LogP contribution in [-0.4, -0.2) is 28.9 Å². The van der Waals surface area contributed by atoms with E-state index >= 15 is 0 Å². The molecule has 0 N–H and O–H groups in total. The Balaban J connectivity index is 1.39. The van der Waals surface area contributed by atoms with Crippen LogP contribution in [0.25, 0.3) is 0 Å². The van der Waals surface area contributed by atoms with Crippen LogP contribution in [0.15, 0.2) is 59.1 Å². The van der Waals surface area contributed by atoms with Crippen molar-refractivity contribution in [2.24, 2.45) is 0 Å². The van der Waals surface area contributed by atoms with Crippen molar-refractivity contribution in [1.82, 2.24) is 9.88 Å². The van der Waals surface area contributed by atoms with Crippen molar-refractivity contribution in [1.29, 1.82) is 0 Å². The van der Waals surface area contributed by atoms with Gasteiger partial charge in [0.25, 0.3) is 5.91 Å². The summed E-state index contributed by atoms with van der Waals surface area (Å²) in [6.07, 6.45) is 3.95. The molecule has 1 unspecified atom stereocenters. The molecular formula is C22H20ClFN2O3. The van der Waals surface area contributed by atoms with E-state index in [0.29, 0.717) is 29.6 Å². The average molecular weight is 415 g/mol. The lowest BCUT2D eigenvalue weighted by Gasteiger charge is -2.22. The highest BCUT2D eigenvalue weighted by atomic mass is 35.5. The Hall–Kier alpha value is -2.86. The summed E-state index contributed by atoms with van der Waals surface area (Å²) in [6, 6.07) is 13.0. The third-order valence-corrected chi connectivity index (χ3v) is 5.11. The van der Waals surface area contributed by atoms with Gasteiger partial charge in [0.2, 0.25) is 5.89 Å². The molecule has 1 fully saturated rings. The Bertz CT molecular complexity index is 990. The molecule has 7 heteroatoms. The van der Waals surface area contributed by atoms with Gasteiger partial charge in [-0.1, -0.05) is 23.7 Å². The predicted octanol–water partition coefficient (Wildman–Crippen LogP) is 4.80. The number of ether oxygens (including phenoxy) is 1. The van der Waals surface area contributed by atoms with Gasteiger partial charge in [0.15, 0.2) is 6.61 Å². The van der Waals surface area contributed by atoms with E-state index in [1.165, 1.54) is 24.3 Å². The molecule has 0 saturated carbocycles. The average Bonchev–Trinajstić information content (AvgIpc) is 3.36. The Morgan fingerprint density at radius 2 is 2.10 bits per heavy atom. The molecule has 2 heterocycles. The number of nitrogens with zero attached hydrogens (tertiary/aromatic N) is 2. The zero-order valence-electron chi connectivity index (χ0n) is 15.7. The number of carbonyl (C=O) groups excluding carboxylic acids is 1. The van der Waals surface area contributed by atoms with E-state index in [4.69, 9.17) is 20.8 Å². The van der Waals surface area contributed by atoms with Gasteiger partial charge < -0.3 is 14.1 Å². The van der Waals surface area contributed by atoms with Gasteiger partial charge in [0, 0.05) is 18.0 Å². The Labute approximate surface area is 173 Å². The fourth-order valence-corrected chi connectivity index (χ4v) is 3.70. The van der Waals surface area contributed by atoms with E-state index in [2.05, 4.69) is 4.98 Å². The Morgan fingerprint density at radius 1 is 1.28 bits per heavy atom. The van der Waals surface area contributed by atoms with Crippen LogP contribution in [0.1, 0.15) is 36.1 Å². The van der Waals surface area contributed by atoms with Gasteiger partial charge in [-0.05, 0) is 54.8 Å². The lowest BCUT2D eigenvalue weighted by molar-refractivity contribution is -0.134. The summed E-state index contributed by atoms with van der Waals surface area (Å²) in [5.41, 5.74) is 1.03. The van der Waals surface area contributed by atoms with E-state index in [0.717, 1.165) is 24.2 Å². The van der Waals surface area contributed by atoms with Crippen molar-refractivity contribution in [2.45, 2.75) is 25.3 Å². The number of halogens is 2. The molecule has 0 radical (unpaired) electrons. The maximum absolute atomic E-state index is 13.0. The van der Waals surface area contributed by atoms with Crippen LogP contribution >= 0.6 is 11.6 Å². The van der Waals surface area contributed by atoms with Crippen molar-refractivity contribution in [2.75, 3.05) is 13.2 Å². The smallest absolute Gasteiger partial charge is 0.261 e. The number of amides is 1. The monoisotopic (exact) mass is 414 g/mol. The number of hydrogen-bond acceptors (Lipinski definition) is 4. The van der Waals surface area contributed by atoms with Crippen LogP contribution in [0.5, 0.6) is 5.75 Å². The number of hydrogen-bond donors (Lipinski definition) is 0. The van der Waals surface area contributed by atoms with Crippen LogP contribution < -0.4 is 4.74 Å². The first-order valence-electron chi connectivity index (χ1n) is 9.45. The van der Waals surface area contributed by atoms with Crippen LogP contribution in [0.3, 0.4) is 0 Å². The first-order valence-corrected chi connectivity index (χ1v) is 9.83. The molecule has 1 amide bonds. The number of aromatic nitrogens is 1. The molecule has 4 rings (SSSR count). The van der Waals surface area contributed by atoms with Crippen molar-refractivity contribution in [3.05, 3.63) is 82.8 Å². The molecule has 1 saturated heterocycles. The molecule has 150 valence electrons. The van der Waals surface area contributed by atoms with Crippen LogP contribution in [-0.2, 0) is 11.2 Å². The van der Waals surface area contributed by atoms with Crippen molar-refractivity contribution in [3.63, 3.8) is 0 Å². The van der Waals surface area contributed by atoms with Crippen LogP contribution in [0.4, 0.5) is 4.39 Å². The van der Waals surface area contributed by atoms with Crippen molar-refractivity contribution >= 4 is 17.5 Å². The molecule has 2 aromatic carbocycles. The first-order chi connectivity index (χ1) is 14.1. The lowest BCUT2D eigenvalue weighted by Crippen LogP contribution is -2.34. The highest BCUT2D eigenvalue weighted by molar-refractivity contribution is 6.30. The molecule has 5 nitrogen and oxygen atoms in total. The third-order valence-electron chi connectivity index (χ3n) is 4.87. The fourth-order valence-electron chi connectivity index (χ4n) is 3.49. The van der Waals surface area contributed by atoms with E-state index in [-0.39, 0.29) is 24.4 Å². The highest BCUT2D eigenvalue weighted by Gasteiger charge is 2.33. The second-order valence-corrected chi connectivity index (χ2v) is 7.40. The van der Waals surface area contributed by atoms with E-state index < -0.39 is 0 Å². The summed E-state index contributed by atoms with van der Waals surface area (Å²) in [5, 5.41) is 0.677. The summed E-state index contributed by atoms with van der Waals surface area (Å²) in [7, 11) is 0. The third kappa shape index (κ3) is 4.77. The second-order valence-electron chi connectivity index (χ2n) is 6.96. The first kappa shape index (κ1) is 19.5. The van der Waals surface area contributed by atoms with Crippen LogP contribution in [0.2, 0.25) is 5.02 Å². The number of benzene rings is 2. The van der Waals surface area contributed by atoms with Gasteiger partial charge in [-0.2, -0.15) is 0 Å². The standard InChI is InChI=1S/C22H20ClFN2O3/c23-16-4-1-3-15(11-16)12-19-13-25-22(29-19)20-5-2-10-26(20)21(27)14-28-18-8-6-17(24)7-9-18/h1,3-4,6-9,11,13,20H,2,5,10,12,14H2. The van der Waals surface area contributed by atoms with Crippen LogP contribution in [0, 0.1) is 5.82 Å². The topological polar surface area (TPSA) is 55.6 Å². The minimum absolute atomic E-state index is 0.113. The lowest BCUT2D eigenvalue weighted by atomic mass is 10.1. The summed E-state index contributed by atoms with van der Waals surface area (Å²) < 4.78 is 24.4.